The third kappa shape index (κ3) is 22.1. The maximum atomic E-state index is 4.61. The summed E-state index contributed by atoms with van der Waals surface area (Å²) in [4.78, 5) is 6.74. The molecule has 78 heavy (non-hydrogen) atoms. The monoisotopic (exact) mass is 1430 g/mol. The molecule has 0 aliphatic heterocycles. The second-order valence-corrected chi connectivity index (χ2v) is 17.3. The molecule has 0 aliphatic rings. The van der Waals surface area contributed by atoms with Crippen LogP contribution in [0.2, 0.25) is 0 Å². The molecule has 0 unspecified atom stereocenters. The van der Waals surface area contributed by atoms with Gasteiger partial charge in [0.05, 0.1) is 39.7 Å². The van der Waals surface area contributed by atoms with Crippen LogP contribution in [0.25, 0.3) is 0 Å². The van der Waals surface area contributed by atoms with Crippen LogP contribution in [0.5, 0.6) is 0 Å². The van der Waals surface area contributed by atoms with Crippen molar-refractivity contribution in [3.8, 4) is 0 Å². The number of nitrogens with zero attached hydrogens (tertiary/aromatic N) is 12. The molecule has 12 nitrogen and oxygen atoms in total. The van der Waals surface area contributed by atoms with Gasteiger partial charge >= 0.3 is 5.82 Å². The van der Waals surface area contributed by atoms with Crippen LogP contribution in [-0.4, -0.2) is 0 Å². The predicted molar refractivity (Wildman–Crippen MR) is 282 cm³/mol. The van der Waals surface area contributed by atoms with Gasteiger partial charge in [-0.1, -0.05) is 12.1 Å². The molecule has 9 aromatic rings. The normalized spacial score (nSPS) is 9.13. The Morgan fingerprint density at radius 3 is 0.872 bits per heavy atom. The highest BCUT2D eigenvalue weighted by molar-refractivity contribution is 14.1. The number of hydrogen-bond acceptors (Lipinski definition) is 3. The van der Waals surface area contributed by atoms with Crippen LogP contribution in [0.1, 0.15) is 0 Å². The summed E-state index contributed by atoms with van der Waals surface area (Å²) < 4.78 is 19.7. The summed E-state index contributed by atoms with van der Waals surface area (Å²) in [6.45, 7) is 0. The van der Waals surface area contributed by atoms with Gasteiger partial charge in [0.2, 0.25) is 18.6 Å². The van der Waals surface area contributed by atoms with E-state index in [4.69, 9.17) is 0 Å². The highest BCUT2D eigenvalue weighted by atomic mass is 127. The second-order valence-electron chi connectivity index (χ2n) is 16.5. The zero-order chi connectivity index (χ0) is 49.5. The molecular weight excluding hydrogens is 1380 g/mol. The van der Waals surface area contributed by atoms with Gasteiger partial charge in [-0.2, -0.15) is 14.7 Å². The maximum absolute atomic E-state index is 4.61. The molecule has 9 aromatic heterocycles. The van der Waals surface area contributed by atoms with Crippen LogP contribution in [0.15, 0.2) is 219 Å². The molecule has 0 atom stereocenters. The average molecular weight is 1440 g/mol. The number of halogens is 12. The number of aromatic nitrogens is 9. The van der Waals surface area contributed by atoms with E-state index in [2.05, 4.69) is 266 Å². The molecule has 422 valence electrons. The van der Waals surface area contributed by atoms with Crippen LogP contribution >= 0.6 is 46.3 Å². The van der Waals surface area contributed by atoms with Crippen molar-refractivity contribution in [2.24, 2.45) is 63.4 Å². The smallest absolute Gasteiger partial charge is 0.301 e. The van der Waals surface area contributed by atoms with Gasteiger partial charge in [-0.05, 0) is 67.3 Å². The van der Waals surface area contributed by atoms with E-state index in [1.54, 1.807) is 21.5 Å². The largest absolute Gasteiger partial charge is 1.00 e. The Morgan fingerprint density at radius 1 is 0.295 bits per heavy atom. The van der Waals surface area contributed by atoms with Crippen molar-refractivity contribution in [3.05, 3.63) is 219 Å². The lowest BCUT2D eigenvalue weighted by atomic mass is 10.2. The zero-order valence-electron chi connectivity index (χ0n) is 44.1. The van der Waals surface area contributed by atoms with Gasteiger partial charge in [0.25, 0.3) is 11.6 Å². The SMILES string of the molecule is C[n+]1ccc(N(c2ccc[n+](C)c2)c2c(Br)ccc[n+]2C)cc1.C[n+]1ccc(N(c2ccc[n+](C)c2)c2cccc[n+]2C)cc1.C[n+]1ccc(N(c2ccc[n+](C)c2)c2cccc[n+]2C)cc1.ClI.[Cl-].[Cl-].[Cl-].[Cl-].[Cl-].[Cl-].[Cl-].[Cl-].[Cl-]. The summed E-state index contributed by atoms with van der Waals surface area (Å²) in [5, 5.41) is 0. The summed E-state index contributed by atoms with van der Waals surface area (Å²) in [5.41, 5.74) is 6.72. The number of aryl methyl sites for hydroxylation is 9. The molecule has 0 amide bonds. The summed E-state index contributed by atoms with van der Waals surface area (Å²) in [6, 6.07) is 41.8. The highest BCUT2D eigenvalue weighted by Gasteiger charge is 2.30. The standard InChI is InChI=1S/C18H20BrN4.2C18H21N4.ClI.9ClH/c1-20-12-8-15(9-13-20)23(16-6-4-10-21(2)14-16)18-17(19)7-5-11-22(18)3;2*1-19-13-9-16(10-14-19)22(17-7-6-11-20(2)15-17)18-8-4-5-12-21(18)3;1-2;;;;;;;;;/h4-14H,1-3H3;2*4-15H,1-3H3;;9*1H/q3*+3;;;;;;;;;;/p-9. The fourth-order valence-corrected chi connectivity index (χ4v) is 8.20. The molecule has 9 heterocycles. The molecule has 24 heteroatoms. The summed E-state index contributed by atoms with van der Waals surface area (Å²) in [7, 11) is 23.0. The molecule has 0 N–H and O–H groups in total. The minimum Gasteiger partial charge on any atom is -1.00 e. The van der Waals surface area contributed by atoms with Crippen LogP contribution in [-0.2, 0) is 63.4 Å². The first-order valence-corrected chi connectivity index (χ1v) is 25.7. The quantitative estimate of drug-likeness (QED) is 0.107. The van der Waals surface area contributed by atoms with E-state index in [1.165, 1.54) is 0 Å². The Labute approximate surface area is 542 Å². The van der Waals surface area contributed by atoms with Crippen LogP contribution in [0.4, 0.5) is 51.6 Å². The molecule has 0 bridgehead atoms. The lowest BCUT2D eigenvalue weighted by Crippen LogP contribution is -3.00. The minimum absolute atomic E-state index is 0. The van der Waals surface area contributed by atoms with Crippen molar-refractivity contribution in [2.75, 3.05) is 14.7 Å². The Morgan fingerprint density at radius 2 is 0.577 bits per heavy atom. The van der Waals surface area contributed by atoms with Gasteiger partial charge in [-0.3, -0.25) is 0 Å². The first-order valence-electron chi connectivity index (χ1n) is 22.2. The fourth-order valence-electron chi connectivity index (χ4n) is 7.59. The van der Waals surface area contributed by atoms with Gasteiger partial charge in [0, 0.05) is 88.2 Å². The Hall–Kier alpha value is -4.14. The lowest BCUT2D eigenvalue weighted by Gasteiger charge is -2.17. The van der Waals surface area contributed by atoms with Crippen molar-refractivity contribution in [3.63, 3.8) is 0 Å². The van der Waals surface area contributed by atoms with Crippen molar-refractivity contribution in [1.82, 2.24) is 0 Å². The molecule has 9 rings (SSSR count). The summed E-state index contributed by atoms with van der Waals surface area (Å²) >= 11 is 5.32. The van der Waals surface area contributed by atoms with Crippen molar-refractivity contribution >= 4 is 97.9 Å². The summed E-state index contributed by atoms with van der Waals surface area (Å²) in [5.74, 6) is 3.30. The van der Waals surface area contributed by atoms with Crippen molar-refractivity contribution < 1.29 is 153 Å². The molecule has 0 fully saturated rings. The van der Waals surface area contributed by atoms with E-state index in [9.17, 15) is 0 Å². The molecule has 0 radical (unpaired) electrons. The van der Waals surface area contributed by atoms with E-state index < -0.39 is 0 Å². The fraction of sp³-hybridized carbons (Fsp3) is 0.167. The molecule has 0 aromatic carbocycles. The topological polar surface area (TPSA) is 44.6 Å². The lowest BCUT2D eigenvalue weighted by molar-refractivity contribution is -0.671. The Balaban J connectivity index is -0.000000490. The van der Waals surface area contributed by atoms with E-state index in [0.29, 0.717) is 0 Å². The first kappa shape index (κ1) is 80.3. The summed E-state index contributed by atoms with van der Waals surface area (Å²) in [6.07, 6.45) is 31.0. The third-order valence-corrected chi connectivity index (χ3v) is 11.6. The van der Waals surface area contributed by atoms with Crippen LogP contribution in [0.3, 0.4) is 0 Å². The number of rotatable bonds is 9. The predicted octanol–water partition coefficient (Wildman–Crippen LogP) is -19.7. The van der Waals surface area contributed by atoms with E-state index in [0.717, 1.165) is 56.1 Å². The molecule has 0 saturated carbocycles. The van der Waals surface area contributed by atoms with Gasteiger partial charge in [0.1, 0.15) is 63.8 Å². The van der Waals surface area contributed by atoms with Gasteiger partial charge in [0.15, 0.2) is 72.8 Å². The first-order chi connectivity index (χ1) is 33.4. The number of hydrogen-bond donors (Lipinski definition) is 0. The average Bonchev–Trinajstić information content (AvgIpc) is 3.34. The molecular formula is C54H62BrCl10IN12. The zero-order valence-corrected chi connectivity index (χ0v) is 55.4. The second kappa shape index (κ2) is 40.1. The number of anilines is 9. The van der Waals surface area contributed by atoms with Crippen LogP contribution < -0.4 is 167 Å². The van der Waals surface area contributed by atoms with E-state index in [-0.39, 0.29) is 112 Å². The van der Waals surface area contributed by atoms with Gasteiger partial charge in [-0.15, -0.1) is 0 Å². The van der Waals surface area contributed by atoms with Crippen molar-refractivity contribution in [2.45, 2.75) is 0 Å². The molecule has 0 aliphatic carbocycles. The van der Waals surface area contributed by atoms with E-state index in [1.807, 2.05) is 92.8 Å². The Kier molecular flexibility index (Phi) is 41.3. The minimum atomic E-state index is 0. The van der Waals surface area contributed by atoms with Gasteiger partial charge < -0.3 is 112 Å². The van der Waals surface area contributed by atoms with Crippen molar-refractivity contribution in [1.29, 1.82) is 0 Å². The van der Waals surface area contributed by atoms with E-state index >= 15 is 0 Å². The molecule has 0 spiro atoms. The van der Waals surface area contributed by atoms with Crippen LogP contribution in [0, 0.1) is 0 Å². The Bertz CT molecular complexity index is 2950. The maximum Gasteiger partial charge on any atom is 0.301 e. The van der Waals surface area contributed by atoms with Gasteiger partial charge in [-0.25, -0.2) is 41.1 Å². The highest BCUT2D eigenvalue weighted by Crippen LogP contribution is 2.35. The molecule has 0 saturated heterocycles. The number of pyridine rings is 9. The third-order valence-electron chi connectivity index (χ3n) is 11.0.